The van der Waals surface area contributed by atoms with Crippen molar-refractivity contribution in [2.45, 2.75) is 70.0 Å². The highest BCUT2D eigenvalue weighted by Crippen LogP contribution is 2.27. The van der Waals surface area contributed by atoms with Crippen LogP contribution in [0.4, 0.5) is 4.79 Å². The van der Waals surface area contributed by atoms with Crippen molar-refractivity contribution in [2.24, 2.45) is 5.29 Å². The molecule has 1 aliphatic rings. The first-order valence-corrected chi connectivity index (χ1v) is 11.5. The smallest absolute Gasteiger partial charge is 0.387 e. The molecule has 0 bridgehead atoms. The number of alkyl halides is 2. The van der Waals surface area contributed by atoms with Gasteiger partial charge in [0, 0.05) is 13.2 Å². The summed E-state index contributed by atoms with van der Waals surface area (Å²) in [6, 6.07) is -0.870. The highest BCUT2D eigenvalue weighted by molar-refractivity contribution is 6.18. The molecule has 31 heavy (non-hydrogen) atoms. The van der Waals surface area contributed by atoms with E-state index in [9.17, 15) is 30.1 Å². The monoisotopic (exact) mass is 490 g/mol. The van der Waals surface area contributed by atoms with Crippen molar-refractivity contribution >= 4 is 29.2 Å². The van der Waals surface area contributed by atoms with E-state index in [-0.39, 0.29) is 38.0 Å². The number of urea groups is 1. The molecule has 0 aromatic rings. The predicted octanol–water partition coefficient (Wildman–Crippen LogP) is 0.737. The number of quaternary nitrogens is 1. The highest BCUT2D eigenvalue weighted by Gasteiger charge is 2.52. The topological polar surface area (TPSA) is 149 Å². The van der Waals surface area contributed by atoms with Crippen LogP contribution in [0.15, 0.2) is 5.29 Å². The zero-order valence-electron chi connectivity index (χ0n) is 17.8. The summed E-state index contributed by atoms with van der Waals surface area (Å²) in [6.45, 7) is 3.60. The molecule has 1 heterocycles. The molecule has 0 radical (unpaired) electrons. The van der Waals surface area contributed by atoms with Gasteiger partial charge >= 0.3 is 6.03 Å². The van der Waals surface area contributed by atoms with Gasteiger partial charge in [-0.15, -0.1) is 23.2 Å². The van der Waals surface area contributed by atoms with Crippen LogP contribution in [-0.4, -0.2) is 111 Å². The Labute approximate surface area is 192 Å². The Hall–Kier alpha value is -0.630. The third-order valence-electron chi connectivity index (χ3n) is 5.13. The molecule has 182 valence electrons. The molecule has 0 aromatic carbocycles. The Bertz CT molecular complexity index is 556. The molecular formula is C18H34Cl2N3O8+. The average molecular weight is 491 g/mol. The largest absolute Gasteiger partial charge is 0.450 e. The molecule has 1 unspecified atom stereocenters. The van der Waals surface area contributed by atoms with E-state index in [1.807, 2.05) is 6.92 Å². The Morgan fingerprint density at radius 3 is 2.23 bits per heavy atom. The summed E-state index contributed by atoms with van der Waals surface area (Å²) in [5.74, 6) is -0.129. The minimum absolute atomic E-state index is 0.00726. The van der Waals surface area contributed by atoms with E-state index in [4.69, 9.17) is 32.7 Å². The average Bonchev–Trinajstić information content (AvgIpc) is 2.76. The van der Waals surface area contributed by atoms with E-state index in [2.05, 4.69) is 5.29 Å². The number of nitroso groups, excluding NO2 is 1. The van der Waals surface area contributed by atoms with Crippen molar-refractivity contribution in [2.75, 3.05) is 38.0 Å². The Kier molecular flexibility index (Phi) is 12.7. The Morgan fingerprint density at radius 1 is 1.13 bits per heavy atom. The van der Waals surface area contributed by atoms with Gasteiger partial charge in [-0.2, -0.15) is 0 Å². The van der Waals surface area contributed by atoms with Crippen LogP contribution in [0.2, 0.25) is 0 Å². The zero-order chi connectivity index (χ0) is 23.6. The van der Waals surface area contributed by atoms with Gasteiger partial charge in [0.1, 0.15) is 37.5 Å². The van der Waals surface area contributed by atoms with Gasteiger partial charge < -0.3 is 29.9 Å². The summed E-state index contributed by atoms with van der Waals surface area (Å²) in [7, 11) is 0. The second kappa shape index (κ2) is 13.8. The molecule has 1 fully saturated rings. The summed E-state index contributed by atoms with van der Waals surface area (Å²) in [4.78, 5) is 25.8. The molecule has 1 saturated heterocycles. The number of hydrogen-bond donors (Lipinski definition) is 4. The fourth-order valence-electron chi connectivity index (χ4n) is 3.30. The molecule has 1 aliphatic heterocycles. The summed E-state index contributed by atoms with van der Waals surface area (Å²) in [5.41, 5.74) is 0. The van der Waals surface area contributed by atoms with E-state index in [1.54, 1.807) is 6.92 Å². The van der Waals surface area contributed by atoms with E-state index in [0.717, 1.165) is 11.3 Å². The Balaban J connectivity index is 3.17. The number of unbranched alkanes of at least 4 members (excludes halogenated alkanes) is 1. The molecule has 0 aromatic heterocycles. The van der Waals surface area contributed by atoms with Crippen molar-refractivity contribution < 1.29 is 39.3 Å². The maximum absolute atomic E-state index is 13.2. The lowest BCUT2D eigenvalue weighted by Crippen LogP contribution is -2.67. The third-order valence-corrected chi connectivity index (χ3v) is 5.47. The van der Waals surface area contributed by atoms with E-state index >= 15 is 0 Å². The third kappa shape index (κ3) is 6.92. The molecule has 13 heteroatoms. The number of ether oxygens (including phenoxy) is 2. The van der Waals surface area contributed by atoms with E-state index in [0.29, 0.717) is 12.8 Å². The lowest BCUT2D eigenvalue weighted by molar-refractivity contribution is -0.858. The van der Waals surface area contributed by atoms with Crippen molar-refractivity contribution in [1.29, 1.82) is 0 Å². The fraction of sp³-hybridized carbons (Fsp3) is 0.944. The normalized spacial score (nSPS) is 27.7. The summed E-state index contributed by atoms with van der Waals surface area (Å²) < 4.78 is 9.98. The zero-order valence-corrected chi connectivity index (χ0v) is 19.4. The van der Waals surface area contributed by atoms with Gasteiger partial charge in [-0.25, -0.2) is 4.79 Å². The quantitative estimate of drug-likeness (QED) is 0.0736. The second-order valence-electron chi connectivity index (χ2n) is 7.38. The number of nitrogens with zero attached hydrogens (tertiary/aromatic N) is 3. The predicted molar refractivity (Wildman–Crippen MR) is 113 cm³/mol. The van der Waals surface area contributed by atoms with Crippen LogP contribution in [0, 0.1) is 4.91 Å². The van der Waals surface area contributed by atoms with Crippen LogP contribution in [0.3, 0.4) is 0 Å². The molecule has 1 rings (SSSR count). The number of hydrogen-bond acceptors (Lipinski definition) is 9. The Morgan fingerprint density at radius 2 is 1.74 bits per heavy atom. The number of aliphatic hydroxyl groups excluding tert-OH is 4. The molecule has 6 atom stereocenters. The molecular weight excluding hydrogens is 457 g/mol. The molecule has 2 amide bonds. The molecule has 4 N–H and O–H groups in total. The van der Waals surface area contributed by atoms with Crippen LogP contribution in [0.25, 0.3) is 0 Å². The minimum atomic E-state index is -1.77. The first kappa shape index (κ1) is 28.4. The van der Waals surface area contributed by atoms with Gasteiger partial charge in [0.05, 0.1) is 11.8 Å². The van der Waals surface area contributed by atoms with Gasteiger partial charge in [0.25, 0.3) is 0 Å². The van der Waals surface area contributed by atoms with Crippen LogP contribution in [0.1, 0.15) is 33.1 Å². The second-order valence-corrected chi connectivity index (χ2v) is 8.14. The van der Waals surface area contributed by atoms with Gasteiger partial charge in [-0.3, -0.25) is 4.90 Å². The van der Waals surface area contributed by atoms with E-state index in [1.165, 1.54) is 0 Å². The van der Waals surface area contributed by atoms with Crippen LogP contribution >= 0.6 is 23.2 Å². The molecule has 0 aliphatic carbocycles. The van der Waals surface area contributed by atoms with Crippen molar-refractivity contribution in [1.82, 2.24) is 4.90 Å². The number of carbonyl (C=O) groups excluding carboxylic acids is 1. The van der Waals surface area contributed by atoms with Crippen molar-refractivity contribution in [3.8, 4) is 0 Å². The summed E-state index contributed by atoms with van der Waals surface area (Å²) in [5, 5.41) is 44.7. The highest BCUT2D eigenvalue weighted by atomic mass is 35.5. The van der Waals surface area contributed by atoms with Crippen molar-refractivity contribution in [3.05, 3.63) is 4.91 Å². The van der Waals surface area contributed by atoms with Gasteiger partial charge in [-0.05, 0) is 12.8 Å². The van der Waals surface area contributed by atoms with Crippen LogP contribution < -0.4 is 0 Å². The number of aliphatic hydroxyl groups is 4. The number of amides is 2. The maximum Gasteiger partial charge on any atom is 0.450 e. The molecule has 0 spiro atoms. The summed E-state index contributed by atoms with van der Waals surface area (Å²) in [6.07, 6.45) is -7.69. The fourth-order valence-corrected chi connectivity index (χ4v) is 3.86. The minimum Gasteiger partial charge on any atom is -0.387 e. The first-order chi connectivity index (χ1) is 14.7. The standard InChI is InChI=1S/C18H34Cl2N3O8/c1-3-5-11-30-17-14(26)12(24)13(25)15(31-17)16(27)22(8-4-2)18(28)23(21-29,9-6-19)10-7-20/h12-17,24-27H,3-11H2,1-2H3/q+1/t12-,13-,14+,15-,16?,17-/m0/s1. The van der Waals surface area contributed by atoms with Crippen molar-refractivity contribution in [3.63, 3.8) is 0 Å². The number of halogens is 2. The number of carbonyl (C=O) groups is 1. The van der Waals surface area contributed by atoms with E-state index < -0.39 is 47.6 Å². The van der Waals surface area contributed by atoms with Gasteiger partial charge in [0.2, 0.25) is 0 Å². The SMILES string of the molecule is CCCCO[C@H]1O[C@H](C(O)N(CCC)C(=O)[N+](CCCl)(CCCl)N=O)[C@@H](O)[C@H](O)[C@H]1O. The first-order valence-electron chi connectivity index (χ1n) is 10.4. The summed E-state index contributed by atoms with van der Waals surface area (Å²) >= 11 is 11.5. The maximum atomic E-state index is 13.2. The lowest BCUT2D eigenvalue weighted by atomic mass is 9.97. The number of rotatable bonds is 13. The lowest BCUT2D eigenvalue weighted by Gasteiger charge is -2.44. The molecule has 0 saturated carbocycles. The van der Waals surface area contributed by atoms with Crippen LogP contribution in [-0.2, 0) is 9.47 Å². The van der Waals surface area contributed by atoms with Gasteiger partial charge in [0.15, 0.2) is 17.8 Å². The van der Waals surface area contributed by atoms with Gasteiger partial charge in [-0.1, -0.05) is 29.8 Å². The molecule has 11 nitrogen and oxygen atoms in total. The van der Waals surface area contributed by atoms with Crippen LogP contribution in [0.5, 0.6) is 0 Å².